The van der Waals surface area contributed by atoms with Crippen molar-refractivity contribution in [2.75, 3.05) is 6.54 Å². The van der Waals surface area contributed by atoms with E-state index in [0.717, 1.165) is 18.5 Å². The summed E-state index contributed by atoms with van der Waals surface area (Å²) in [6.45, 7) is 1.56. The molecule has 2 heterocycles. The summed E-state index contributed by atoms with van der Waals surface area (Å²) in [7, 11) is 0. The molecule has 0 saturated carbocycles. The second-order valence-electron chi connectivity index (χ2n) is 3.41. The molecule has 0 amide bonds. The van der Waals surface area contributed by atoms with Crippen molar-refractivity contribution in [3.63, 3.8) is 0 Å². The molecule has 3 heteroatoms. The van der Waals surface area contributed by atoms with Gasteiger partial charge in [0.2, 0.25) is 0 Å². The summed E-state index contributed by atoms with van der Waals surface area (Å²) in [5, 5.41) is 0. The van der Waals surface area contributed by atoms with Crippen molar-refractivity contribution in [1.29, 1.82) is 0 Å². The minimum atomic E-state index is -0.750. The Morgan fingerprint density at radius 3 is 3.15 bits per heavy atom. The lowest BCUT2D eigenvalue weighted by Crippen LogP contribution is -2.25. The third-order valence-corrected chi connectivity index (χ3v) is 2.39. The zero-order chi connectivity index (χ0) is 9.10. The zero-order valence-corrected chi connectivity index (χ0v) is 7.49. The molecule has 2 rings (SSSR count). The number of likely N-dealkylation sites (tertiary alicyclic amines) is 1. The van der Waals surface area contributed by atoms with Crippen LogP contribution in [-0.2, 0) is 6.54 Å². The number of alkyl halides is 1. The highest BCUT2D eigenvalue weighted by molar-refractivity contribution is 5.08. The van der Waals surface area contributed by atoms with Gasteiger partial charge in [-0.3, -0.25) is 9.88 Å². The Kier molecular flexibility index (Phi) is 2.54. The smallest absolute Gasteiger partial charge is 0.153 e. The summed E-state index contributed by atoms with van der Waals surface area (Å²) in [5.74, 6) is 0. The Morgan fingerprint density at radius 2 is 2.54 bits per heavy atom. The van der Waals surface area contributed by atoms with Crippen LogP contribution in [0.2, 0.25) is 0 Å². The largest absolute Gasteiger partial charge is 0.270 e. The van der Waals surface area contributed by atoms with Gasteiger partial charge in [-0.15, -0.1) is 0 Å². The van der Waals surface area contributed by atoms with Crippen LogP contribution in [0.1, 0.15) is 18.4 Å². The first-order valence-electron chi connectivity index (χ1n) is 4.63. The fraction of sp³-hybridized carbons (Fsp3) is 0.500. The highest BCUT2D eigenvalue weighted by atomic mass is 19.1. The molecule has 2 nitrogen and oxygen atoms in total. The second-order valence-corrected chi connectivity index (χ2v) is 3.41. The number of hydrogen-bond donors (Lipinski definition) is 0. The summed E-state index contributed by atoms with van der Waals surface area (Å²) in [4.78, 5) is 5.86. The summed E-state index contributed by atoms with van der Waals surface area (Å²) in [6.07, 6.45) is 4.44. The van der Waals surface area contributed by atoms with Crippen LogP contribution >= 0.6 is 0 Å². The van der Waals surface area contributed by atoms with Crippen LogP contribution in [0.3, 0.4) is 0 Å². The molecule has 0 aromatic carbocycles. The van der Waals surface area contributed by atoms with Crippen LogP contribution in [0.15, 0.2) is 24.5 Å². The lowest BCUT2D eigenvalue weighted by molar-refractivity contribution is 0.120. The molecule has 1 atom stereocenters. The monoisotopic (exact) mass is 180 g/mol. The van der Waals surface area contributed by atoms with Gasteiger partial charge in [0.1, 0.15) is 0 Å². The van der Waals surface area contributed by atoms with Crippen molar-refractivity contribution in [2.45, 2.75) is 25.7 Å². The van der Waals surface area contributed by atoms with Gasteiger partial charge in [0.15, 0.2) is 6.30 Å². The van der Waals surface area contributed by atoms with Crippen LogP contribution in [-0.4, -0.2) is 22.7 Å². The topological polar surface area (TPSA) is 16.1 Å². The third kappa shape index (κ3) is 2.04. The highest BCUT2D eigenvalue weighted by Crippen LogP contribution is 2.20. The van der Waals surface area contributed by atoms with Crippen molar-refractivity contribution < 1.29 is 4.39 Å². The van der Waals surface area contributed by atoms with Gasteiger partial charge in [0, 0.05) is 25.5 Å². The molecule has 1 aliphatic rings. The quantitative estimate of drug-likeness (QED) is 0.647. The predicted octanol–water partition coefficient (Wildman–Crippen LogP) is 1.97. The molecule has 0 radical (unpaired) electrons. The second kappa shape index (κ2) is 3.83. The number of rotatable bonds is 2. The molecule has 1 fully saturated rings. The van der Waals surface area contributed by atoms with Crippen LogP contribution in [0.25, 0.3) is 0 Å². The number of aromatic nitrogens is 1. The minimum absolute atomic E-state index is 0.681. The maximum Gasteiger partial charge on any atom is 0.153 e. The molecule has 0 N–H and O–H groups in total. The molecule has 1 aromatic heterocycles. The van der Waals surface area contributed by atoms with Crippen LogP contribution < -0.4 is 0 Å². The molecule has 1 saturated heterocycles. The maximum atomic E-state index is 13.2. The van der Waals surface area contributed by atoms with E-state index in [-0.39, 0.29) is 0 Å². The van der Waals surface area contributed by atoms with E-state index in [2.05, 4.69) is 4.98 Å². The van der Waals surface area contributed by atoms with Gasteiger partial charge in [-0.25, -0.2) is 4.39 Å². The molecule has 70 valence electrons. The van der Waals surface area contributed by atoms with E-state index in [1.807, 2.05) is 17.0 Å². The Bertz CT molecular complexity index is 263. The van der Waals surface area contributed by atoms with E-state index in [0.29, 0.717) is 13.0 Å². The van der Waals surface area contributed by atoms with Crippen LogP contribution in [0.4, 0.5) is 4.39 Å². The SMILES string of the molecule is FC1CCCN1Cc1cccnc1. The lowest BCUT2D eigenvalue weighted by Gasteiger charge is -2.17. The van der Waals surface area contributed by atoms with Crippen LogP contribution in [0.5, 0.6) is 0 Å². The number of nitrogens with zero attached hydrogens (tertiary/aromatic N) is 2. The van der Waals surface area contributed by atoms with Crippen LogP contribution in [0, 0.1) is 0 Å². The first-order chi connectivity index (χ1) is 6.36. The van der Waals surface area contributed by atoms with E-state index < -0.39 is 6.30 Å². The fourth-order valence-corrected chi connectivity index (χ4v) is 1.69. The van der Waals surface area contributed by atoms with Crippen molar-refractivity contribution in [3.05, 3.63) is 30.1 Å². The van der Waals surface area contributed by atoms with Crippen molar-refractivity contribution in [2.24, 2.45) is 0 Å². The van der Waals surface area contributed by atoms with Crippen molar-refractivity contribution in [1.82, 2.24) is 9.88 Å². The molecular weight excluding hydrogens is 167 g/mol. The summed E-state index contributed by atoms with van der Waals surface area (Å²) in [6, 6.07) is 3.87. The van der Waals surface area contributed by atoms with Gasteiger partial charge in [0.25, 0.3) is 0 Å². The highest BCUT2D eigenvalue weighted by Gasteiger charge is 2.23. The van der Waals surface area contributed by atoms with E-state index in [1.54, 1.807) is 12.4 Å². The van der Waals surface area contributed by atoms with Gasteiger partial charge in [0.05, 0.1) is 0 Å². The van der Waals surface area contributed by atoms with Gasteiger partial charge in [-0.2, -0.15) is 0 Å². The molecule has 1 aliphatic heterocycles. The molecule has 0 bridgehead atoms. The predicted molar refractivity (Wildman–Crippen MR) is 48.8 cm³/mol. The number of pyridine rings is 1. The standard InChI is InChI=1S/C10H13FN2/c11-10-4-2-6-13(10)8-9-3-1-5-12-7-9/h1,3,5,7,10H,2,4,6,8H2. The average molecular weight is 180 g/mol. The minimum Gasteiger partial charge on any atom is -0.270 e. The Hall–Kier alpha value is -0.960. The summed E-state index contributed by atoms with van der Waals surface area (Å²) in [5.41, 5.74) is 1.09. The first-order valence-corrected chi connectivity index (χ1v) is 4.63. The summed E-state index contributed by atoms with van der Waals surface area (Å²) >= 11 is 0. The Balaban J connectivity index is 1.98. The fourth-order valence-electron chi connectivity index (χ4n) is 1.69. The molecule has 1 unspecified atom stereocenters. The zero-order valence-electron chi connectivity index (χ0n) is 7.49. The molecule has 1 aromatic rings. The Labute approximate surface area is 77.4 Å². The van der Waals surface area contributed by atoms with E-state index in [9.17, 15) is 4.39 Å². The van der Waals surface area contributed by atoms with Gasteiger partial charge >= 0.3 is 0 Å². The van der Waals surface area contributed by atoms with E-state index in [1.165, 1.54) is 0 Å². The normalized spacial score (nSPS) is 23.6. The molecule has 0 aliphatic carbocycles. The number of halogens is 1. The Morgan fingerprint density at radius 1 is 1.62 bits per heavy atom. The van der Waals surface area contributed by atoms with E-state index in [4.69, 9.17) is 0 Å². The number of hydrogen-bond acceptors (Lipinski definition) is 2. The molecular formula is C10H13FN2. The van der Waals surface area contributed by atoms with Gasteiger partial charge < -0.3 is 0 Å². The van der Waals surface area contributed by atoms with Gasteiger partial charge in [-0.05, 0) is 24.5 Å². The van der Waals surface area contributed by atoms with Crippen molar-refractivity contribution in [3.8, 4) is 0 Å². The van der Waals surface area contributed by atoms with Gasteiger partial charge in [-0.1, -0.05) is 6.07 Å². The van der Waals surface area contributed by atoms with E-state index >= 15 is 0 Å². The lowest BCUT2D eigenvalue weighted by atomic mass is 10.3. The average Bonchev–Trinajstić information content (AvgIpc) is 2.54. The molecule has 0 spiro atoms. The third-order valence-electron chi connectivity index (χ3n) is 2.39. The first kappa shape index (κ1) is 8.63. The summed E-state index contributed by atoms with van der Waals surface area (Å²) < 4.78 is 13.2. The van der Waals surface area contributed by atoms with Crippen molar-refractivity contribution >= 4 is 0 Å². The maximum absolute atomic E-state index is 13.2. The molecule has 13 heavy (non-hydrogen) atoms.